The molecule has 2 aromatic carbocycles. The van der Waals surface area contributed by atoms with Crippen molar-refractivity contribution < 1.29 is 22.7 Å². The van der Waals surface area contributed by atoms with Crippen molar-refractivity contribution in [2.75, 3.05) is 24.2 Å². The molecule has 0 radical (unpaired) electrons. The first-order valence-corrected chi connectivity index (χ1v) is 13.9. The van der Waals surface area contributed by atoms with Gasteiger partial charge in [-0.1, -0.05) is 24.3 Å². The quantitative estimate of drug-likeness (QED) is 0.488. The summed E-state index contributed by atoms with van der Waals surface area (Å²) in [5.41, 5.74) is 2.05. The summed E-state index contributed by atoms with van der Waals surface area (Å²) in [6.07, 6.45) is 1.54. The third-order valence-corrected chi connectivity index (χ3v) is 6.97. The molecule has 8 nitrogen and oxygen atoms in total. The first-order valence-electron chi connectivity index (χ1n) is 12.0. The summed E-state index contributed by atoms with van der Waals surface area (Å²) in [6.45, 7) is 9.79. The number of methoxy groups -OCH3 is 1. The second-order valence-electron chi connectivity index (χ2n) is 10.0. The zero-order chi connectivity index (χ0) is 27.1. The Kier molecular flexibility index (Phi) is 9.93. The number of hydrogen-bond acceptors (Lipinski definition) is 5. The van der Waals surface area contributed by atoms with E-state index in [0.717, 1.165) is 17.4 Å². The summed E-state index contributed by atoms with van der Waals surface area (Å²) in [7, 11) is -2.01. The van der Waals surface area contributed by atoms with Crippen LogP contribution in [0.1, 0.15) is 51.7 Å². The van der Waals surface area contributed by atoms with E-state index in [1.807, 2.05) is 52.0 Å². The molecule has 1 atom stereocenters. The maximum Gasteiger partial charge on any atom is 0.242 e. The molecular formula is C27H39N3O5S. The topological polar surface area (TPSA) is 96.0 Å². The van der Waals surface area contributed by atoms with Gasteiger partial charge in [0, 0.05) is 25.0 Å². The Morgan fingerprint density at radius 2 is 1.67 bits per heavy atom. The Morgan fingerprint density at radius 3 is 2.19 bits per heavy atom. The number of carbonyl (C=O) groups is 2. The van der Waals surface area contributed by atoms with Gasteiger partial charge in [-0.3, -0.25) is 13.9 Å². The zero-order valence-electron chi connectivity index (χ0n) is 22.4. The molecule has 2 aromatic rings. The number of benzene rings is 2. The first kappa shape index (κ1) is 29.2. The number of nitrogens with zero attached hydrogens (tertiary/aromatic N) is 2. The molecule has 0 heterocycles. The minimum absolute atomic E-state index is 0.0984. The van der Waals surface area contributed by atoms with E-state index in [2.05, 4.69) is 5.32 Å². The molecule has 0 aliphatic rings. The average molecular weight is 518 g/mol. The molecule has 0 bridgehead atoms. The fraction of sp³-hybridized carbons (Fsp3) is 0.481. The Balaban J connectivity index is 2.19. The van der Waals surface area contributed by atoms with Gasteiger partial charge in [0.1, 0.15) is 11.8 Å². The van der Waals surface area contributed by atoms with Crippen LogP contribution in [0.15, 0.2) is 48.5 Å². The van der Waals surface area contributed by atoms with E-state index in [-0.39, 0.29) is 24.8 Å². The van der Waals surface area contributed by atoms with Crippen molar-refractivity contribution in [3.8, 4) is 5.75 Å². The van der Waals surface area contributed by atoms with Crippen LogP contribution in [0.25, 0.3) is 0 Å². The molecule has 2 rings (SSSR count). The Hall–Kier alpha value is -3.07. The smallest absolute Gasteiger partial charge is 0.242 e. The van der Waals surface area contributed by atoms with Gasteiger partial charge in [-0.25, -0.2) is 8.42 Å². The molecule has 198 valence electrons. The molecule has 0 spiro atoms. The molecule has 0 aromatic heterocycles. The van der Waals surface area contributed by atoms with Crippen molar-refractivity contribution in [3.63, 3.8) is 0 Å². The maximum atomic E-state index is 13.4. The lowest BCUT2D eigenvalue weighted by molar-refractivity contribution is -0.141. The van der Waals surface area contributed by atoms with Gasteiger partial charge in [0.05, 0.1) is 19.1 Å². The standard InChI is InChI=1S/C27H39N3O5S/c1-20-11-8-9-12-22(20)19-29(21(2)26(32)28-27(3,4)5)25(31)13-10-18-30(36(7,33)34)23-14-16-24(35-6)17-15-23/h8-9,11-12,14-17,21H,10,13,18-19H2,1-7H3,(H,28,32)/t21-/m0/s1. The average Bonchev–Trinajstić information content (AvgIpc) is 2.79. The number of hydrogen-bond donors (Lipinski definition) is 1. The fourth-order valence-electron chi connectivity index (χ4n) is 3.78. The Bertz CT molecular complexity index is 1140. The molecule has 2 amide bonds. The van der Waals surface area contributed by atoms with Gasteiger partial charge in [0.15, 0.2) is 0 Å². The van der Waals surface area contributed by atoms with Crippen LogP contribution in [-0.2, 0) is 26.2 Å². The van der Waals surface area contributed by atoms with Crippen molar-refractivity contribution >= 4 is 27.5 Å². The molecule has 0 fully saturated rings. The summed E-state index contributed by atoms with van der Waals surface area (Å²) in [4.78, 5) is 27.9. The van der Waals surface area contributed by atoms with Gasteiger partial charge in [-0.05, 0) is 76.4 Å². The number of aryl methyl sites for hydroxylation is 1. The predicted molar refractivity (Wildman–Crippen MR) is 144 cm³/mol. The summed E-state index contributed by atoms with van der Waals surface area (Å²) < 4.78 is 31.3. The van der Waals surface area contributed by atoms with Crippen LogP contribution in [0.4, 0.5) is 5.69 Å². The second kappa shape index (κ2) is 12.3. The third-order valence-electron chi connectivity index (χ3n) is 5.78. The van der Waals surface area contributed by atoms with Crippen molar-refractivity contribution in [1.82, 2.24) is 10.2 Å². The number of rotatable bonds is 11. The summed E-state index contributed by atoms with van der Waals surface area (Å²) in [6, 6.07) is 13.8. The van der Waals surface area contributed by atoms with E-state index in [1.54, 1.807) is 43.2 Å². The van der Waals surface area contributed by atoms with Crippen LogP contribution in [0.5, 0.6) is 5.75 Å². The van der Waals surface area contributed by atoms with Gasteiger partial charge in [0.2, 0.25) is 21.8 Å². The number of amides is 2. The van der Waals surface area contributed by atoms with E-state index in [4.69, 9.17) is 4.74 Å². The molecule has 36 heavy (non-hydrogen) atoms. The largest absolute Gasteiger partial charge is 0.497 e. The SMILES string of the molecule is COc1ccc(N(CCCC(=O)N(Cc2ccccc2C)[C@@H](C)C(=O)NC(C)(C)C)S(C)(=O)=O)cc1. The lowest BCUT2D eigenvalue weighted by atomic mass is 10.1. The van der Waals surface area contributed by atoms with Gasteiger partial charge in [-0.15, -0.1) is 0 Å². The molecule has 0 aliphatic carbocycles. The predicted octanol–water partition coefficient (Wildman–Crippen LogP) is 3.88. The van der Waals surface area contributed by atoms with Gasteiger partial charge >= 0.3 is 0 Å². The lowest BCUT2D eigenvalue weighted by Crippen LogP contribution is -2.52. The van der Waals surface area contributed by atoms with Crippen molar-refractivity contribution in [3.05, 3.63) is 59.7 Å². The number of sulfonamides is 1. The highest BCUT2D eigenvalue weighted by atomic mass is 32.2. The van der Waals surface area contributed by atoms with Crippen LogP contribution in [0.3, 0.4) is 0 Å². The van der Waals surface area contributed by atoms with Crippen molar-refractivity contribution in [2.45, 2.75) is 65.6 Å². The van der Waals surface area contributed by atoms with E-state index in [9.17, 15) is 18.0 Å². The molecule has 0 saturated carbocycles. The second-order valence-corrected chi connectivity index (χ2v) is 11.9. The van der Waals surface area contributed by atoms with Crippen LogP contribution in [0.2, 0.25) is 0 Å². The van der Waals surface area contributed by atoms with Gasteiger partial charge in [-0.2, -0.15) is 0 Å². The fourth-order valence-corrected chi connectivity index (χ4v) is 4.75. The zero-order valence-corrected chi connectivity index (χ0v) is 23.2. The first-order chi connectivity index (χ1) is 16.7. The molecule has 0 saturated heterocycles. The van der Waals surface area contributed by atoms with Crippen molar-refractivity contribution in [2.24, 2.45) is 0 Å². The third kappa shape index (κ3) is 8.55. The van der Waals surface area contributed by atoms with Crippen LogP contribution >= 0.6 is 0 Å². The Morgan fingerprint density at radius 1 is 1.06 bits per heavy atom. The maximum absolute atomic E-state index is 13.4. The van der Waals surface area contributed by atoms with E-state index < -0.39 is 21.6 Å². The van der Waals surface area contributed by atoms with Crippen molar-refractivity contribution in [1.29, 1.82) is 0 Å². The number of anilines is 1. The number of nitrogens with one attached hydrogen (secondary N) is 1. The van der Waals surface area contributed by atoms with E-state index in [0.29, 0.717) is 24.4 Å². The minimum atomic E-state index is -3.56. The highest BCUT2D eigenvalue weighted by Gasteiger charge is 2.29. The van der Waals surface area contributed by atoms with Crippen LogP contribution in [0, 0.1) is 6.92 Å². The Labute approximate surface area is 215 Å². The van der Waals surface area contributed by atoms with Gasteiger partial charge in [0.25, 0.3) is 0 Å². The van der Waals surface area contributed by atoms with Crippen LogP contribution in [-0.4, -0.2) is 56.6 Å². The van der Waals surface area contributed by atoms with E-state index >= 15 is 0 Å². The molecular weight excluding hydrogens is 478 g/mol. The highest BCUT2D eigenvalue weighted by molar-refractivity contribution is 7.92. The molecule has 0 unspecified atom stereocenters. The normalized spacial score (nSPS) is 12.5. The molecule has 9 heteroatoms. The van der Waals surface area contributed by atoms with Crippen LogP contribution < -0.4 is 14.4 Å². The summed E-state index contributed by atoms with van der Waals surface area (Å²) >= 11 is 0. The number of ether oxygens (including phenoxy) is 1. The monoisotopic (exact) mass is 517 g/mol. The van der Waals surface area contributed by atoms with Gasteiger partial charge < -0.3 is 15.0 Å². The lowest BCUT2D eigenvalue weighted by Gasteiger charge is -2.32. The minimum Gasteiger partial charge on any atom is -0.497 e. The molecule has 0 aliphatic heterocycles. The summed E-state index contributed by atoms with van der Waals surface area (Å²) in [5, 5.41) is 2.95. The highest BCUT2D eigenvalue weighted by Crippen LogP contribution is 2.22. The molecule has 1 N–H and O–H groups in total. The van der Waals surface area contributed by atoms with E-state index in [1.165, 1.54) is 4.31 Å². The summed E-state index contributed by atoms with van der Waals surface area (Å²) in [5.74, 6) is 0.176. The number of carbonyl (C=O) groups excluding carboxylic acids is 2.